The first-order valence-electron chi connectivity index (χ1n) is 3.13. The molecule has 0 saturated heterocycles. The fourth-order valence-corrected chi connectivity index (χ4v) is 1.62. The van der Waals surface area contributed by atoms with Gasteiger partial charge < -0.3 is 9.30 Å². The molecule has 0 fully saturated rings. The molecule has 0 radical (unpaired) electrons. The fourth-order valence-electron chi connectivity index (χ4n) is 0.540. The molecule has 0 aliphatic heterocycles. The fraction of sp³-hybridized carbons (Fsp3) is 1.00. The summed E-state index contributed by atoms with van der Waals surface area (Å²) in [5.41, 5.74) is 0. The summed E-state index contributed by atoms with van der Waals surface area (Å²) in [5, 5.41) is -0.403. The quantitative estimate of drug-likeness (QED) is 0.575. The van der Waals surface area contributed by atoms with Crippen molar-refractivity contribution in [3.05, 3.63) is 0 Å². The lowest BCUT2D eigenvalue weighted by Crippen LogP contribution is -2.17. The Kier molecular flexibility index (Phi) is 3.45. The predicted molar refractivity (Wildman–Crippen MR) is 40.6 cm³/mol. The molecule has 9 heavy (non-hydrogen) atoms. The zero-order chi connectivity index (χ0) is 7.49. The maximum atomic E-state index is 11.1. The predicted octanol–water partition coefficient (Wildman–Crippen LogP) is 1.95. The summed E-state index contributed by atoms with van der Waals surface area (Å²) in [7, 11) is 0.0672. The van der Waals surface area contributed by atoms with Crippen LogP contribution >= 0.6 is 7.80 Å². The molecule has 0 aromatic rings. The van der Waals surface area contributed by atoms with Gasteiger partial charge in [0.05, 0.1) is 0 Å². The molecule has 0 aromatic carbocycles. The van der Waals surface area contributed by atoms with E-state index in [1.54, 1.807) is 7.11 Å². The van der Waals surface area contributed by atoms with Gasteiger partial charge in [-0.3, -0.25) is 0 Å². The Balaban J connectivity index is 3.97. The summed E-state index contributed by atoms with van der Waals surface area (Å²) in [4.78, 5) is 0. The van der Waals surface area contributed by atoms with Gasteiger partial charge in [-0.25, -0.2) is 0 Å². The third-order valence-electron chi connectivity index (χ3n) is 1.50. The molecule has 0 heterocycles. The van der Waals surface area contributed by atoms with Crippen LogP contribution in [-0.2, 0) is 9.30 Å². The first-order chi connectivity index (χ1) is 4.04. The van der Waals surface area contributed by atoms with Crippen LogP contribution in [0.2, 0.25) is 0 Å². The molecule has 0 aliphatic rings. The highest BCUT2D eigenvalue weighted by Gasteiger charge is 2.22. The molecule has 3 heteroatoms. The van der Waals surface area contributed by atoms with Crippen LogP contribution in [0.25, 0.3) is 0 Å². The van der Waals surface area contributed by atoms with E-state index in [-0.39, 0.29) is 0 Å². The maximum absolute atomic E-state index is 11.1. The first-order valence-corrected chi connectivity index (χ1v) is 4.74. The highest BCUT2D eigenvalue weighted by atomic mass is 31.1. The van der Waals surface area contributed by atoms with E-state index in [9.17, 15) is 4.57 Å². The van der Waals surface area contributed by atoms with E-state index < -0.39 is 13.1 Å². The molecule has 56 valence electrons. The van der Waals surface area contributed by atoms with Crippen molar-refractivity contribution in [1.82, 2.24) is 0 Å². The zero-order valence-corrected chi connectivity index (χ0v) is 7.52. The third-order valence-corrected chi connectivity index (χ3v) is 3.69. The second-order valence-corrected chi connectivity index (χ2v) is 5.25. The van der Waals surface area contributed by atoms with Gasteiger partial charge in [0.1, 0.15) is 13.1 Å². The normalized spacial score (nSPS) is 15.6. The molecule has 0 amide bonds. The van der Waals surface area contributed by atoms with Gasteiger partial charge in [0.25, 0.3) is 0 Å². The lowest BCUT2D eigenvalue weighted by Gasteiger charge is -2.20. The Bertz CT molecular complexity index is 110. The Morgan fingerprint density at radius 2 is 2.00 bits per heavy atom. The number of ether oxygens (including phenoxy) is 1. The van der Waals surface area contributed by atoms with Gasteiger partial charge in [-0.05, 0) is 20.0 Å². The summed E-state index contributed by atoms with van der Waals surface area (Å²) in [6.45, 7) is 5.64. The van der Waals surface area contributed by atoms with Gasteiger partial charge in [-0.2, -0.15) is 0 Å². The number of methoxy groups -OCH3 is 1. The van der Waals surface area contributed by atoms with Gasteiger partial charge in [-0.15, -0.1) is 0 Å². The lowest BCUT2D eigenvalue weighted by atomic mass is 10.5. The minimum atomic E-state index is -1.53. The van der Waals surface area contributed by atoms with Crippen LogP contribution in [0.5, 0.6) is 0 Å². The van der Waals surface area contributed by atoms with Crippen molar-refractivity contribution in [2.75, 3.05) is 13.3 Å². The van der Waals surface area contributed by atoms with Crippen molar-refractivity contribution >= 4 is 7.80 Å². The van der Waals surface area contributed by atoms with E-state index in [1.165, 1.54) is 0 Å². The van der Waals surface area contributed by atoms with E-state index >= 15 is 0 Å². The zero-order valence-electron chi connectivity index (χ0n) is 6.52. The van der Waals surface area contributed by atoms with Crippen molar-refractivity contribution in [2.24, 2.45) is 0 Å². The maximum Gasteiger partial charge on any atom is 0.112 e. The average molecular weight is 150 g/mol. The highest BCUT2D eigenvalue weighted by molar-refractivity contribution is 7.46. The van der Waals surface area contributed by atoms with Gasteiger partial charge >= 0.3 is 0 Å². The van der Waals surface area contributed by atoms with Gasteiger partial charge in [-0.1, -0.05) is 6.92 Å². The molecule has 1 atom stereocenters. The summed E-state index contributed by atoms with van der Waals surface area (Å²) >= 11 is 0. The summed E-state index contributed by atoms with van der Waals surface area (Å²) in [6.07, 6.45) is 0.728. The standard InChI is InChI=1S/C6H15O2P/c1-5-9(7)6(2,3)8-4/h9H,5H2,1-4H3. The molecule has 0 bridgehead atoms. The van der Waals surface area contributed by atoms with E-state index in [1.807, 2.05) is 20.8 Å². The molecular weight excluding hydrogens is 135 g/mol. The minimum Gasteiger partial charge on any atom is -0.371 e. The van der Waals surface area contributed by atoms with Crippen LogP contribution in [0, 0.1) is 0 Å². The van der Waals surface area contributed by atoms with Crippen LogP contribution in [-0.4, -0.2) is 18.6 Å². The largest absolute Gasteiger partial charge is 0.371 e. The topological polar surface area (TPSA) is 26.3 Å². The third kappa shape index (κ3) is 2.51. The minimum absolute atomic E-state index is 0.403. The summed E-state index contributed by atoms with van der Waals surface area (Å²) in [5.74, 6) is 0. The van der Waals surface area contributed by atoms with Gasteiger partial charge in [0.15, 0.2) is 0 Å². The first kappa shape index (κ1) is 9.19. The molecule has 0 aliphatic carbocycles. The van der Waals surface area contributed by atoms with Gasteiger partial charge in [0, 0.05) is 7.11 Å². The molecule has 0 spiro atoms. The Morgan fingerprint density at radius 3 is 2.11 bits per heavy atom. The smallest absolute Gasteiger partial charge is 0.112 e. The van der Waals surface area contributed by atoms with E-state index in [4.69, 9.17) is 4.74 Å². The number of rotatable bonds is 3. The van der Waals surface area contributed by atoms with Crippen LogP contribution < -0.4 is 0 Å². The summed E-state index contributed by atoms with van der Waals surface area (Å²) < 4.78 is 16.1. The van der Waals surface area contributed by atoms with E-state index in [0.29, 0.717) is 0 Å². The molecule has 1 unspecified atom stereocenters. The molecule has 0 saturated carbocycles. The van der Waals surface area contributed by atoms with Crippen molar-refractivity contribution in [3.63, 3.8) is 0 Å². The van der Waals surface area contributed by atoms with E-state index in [0.717, 1.165) is 6.16 Å². The van der Waals surface area contributed by atoms with Crippen LogP contribution in [0.4, 0.5) is 0 Å². The molecule has 0 rings (SSSR count). The Hall–Kier alpha value is 0.190. The van der Waals surface area contributed by atoms with Crippen molar-refractivity contribution in [1.29, 1.82) is 0 Å². The molecular formula is C6H15O2P. The van der Waals surface area contributed by atoms with Gasteiger partial charge in [0.2, 0.25) is 0 Å². The van der Waals surface area contributed by atoms with Crippen LogP contribution in [0.3, 0.4) is 0 Å². The van der Waals surface area contributed by atoms with E-state index in [2.05, 4.69) is 0 Å². The monoisotopic (exact) mass is 150 g/mol. The molecule has 0 aromatic heterocycles. The number of hydrogen-bond donors (Lipinski definition) is 0. The number of hydrogen-bond acceptors (Lipinski definition) is 2. The molecule has 2 nitrogen and oxygen atoms in total. The lowest BCUT2D eigenvalue weighted by molar-refractivity contribution is 0.0948. The van der Waals surface area contributed by atoms with Crippen LogP contribution in [0.15, 0.2) is 0 Å². The van der Waals surface area contributed by atoms with Crippen molar-refractivity contribution < 1.29 is 9.30 Å². The second kappa shape index (κ2) is 3.38. The van der Waals surface area contributed by atoms with Crippen molar-refractivity contribution in [2.45, 2.75) is 26.1 Å². The highest BCUT2D eigenvalue weighted by Crippen LogP contribution is 2.38. The summed E-state index contributed by atoms with van der Waals surface area (Å²) in [6, 6.07) is 0. The second-order valence-electron chi connectivity index (χ2n) is 2.49. The Labute approximate surface area is 57.4 Å². The Morgan fingerprint density at radius 1 is 1.56 bits per heavy atom. The van der Waals surface area contributed by atoms with Crippen molar-refractivity contribution in [3.8, 4) is 0 Å². The average Bonchev–Trinajstić information content (AvgIpc) is 1.86. The SMILES string of the molecule is CC[PH](=O)C(C)(C)OC. The van der Waals surface area contributed by atoms with Crippen LogP contribution in [0.1, 0.15) is 20.8 Å². The molecule has 0 N–H and O–H groups in total.